The maximum atomic E-state index is 11.4. The van der Waals surface area contributed by atoms with Gasteiger partial charge in [-0.1, -0.05) is 72.8 Å². The second-order valence-electron chi connectivity index (χ2n) is 7.03. The lowest BCUT2D eigenvalue weighted by molar-refractivity contribution is -0.141. The molecule has 4 nitrogen and oxygen atoms in total. The van der Waals surface area contributed by atoms with Crippen LogP contribution in [0.4, 0.5) is 0 Å². The summed E-state index contributed by atoms with van der Waals surface area (Å²) in [4.78, 5) is 11.4. The number of carbonyl (C=O) groups is 1. The Hall–Kier alpha value is -3.37. The minimum atomic E-state index is -1.37. The Labute approximate surface area is 163 Å². The summed E-state index contributed by atoms with van der Waals surface area (Å²) in [6.45, 7) is 0.423. The molecule has 0 spiro atoms. The Morgan fingerprint density at radius 2 is 1.79 bits per heavy atom. The summed E-state index contributed by atoms with van der Waals surface area (Å²) < 4.78 is 6.04. The first-order chi connectivity index (χ1) is 13.5. The summed E-state index contributed by atoms with van der Waals surface area (Å²) in [5.41, 5.74) is 9.84. The maximum absolute atomic E-state index is 11.4. The molecule has 0 aliphatic heterocycles. The van der Waals surface area contributed by atoms with E-state index >= 15 is 0 Å². The highest BCUT2D eigenvalue weighted by Crippen LogP contribution is 2.29. The lowest BCUT2D eigenvalue weighted by Crippen LogP contribution is -2.49. The van der Waals surface area contributed by atoms with Gasteiger partial charge in [-0.25, -0.2) is 4.79 Å². The Morgan fingerprint density at radius 3 is 2.57 bits per heavy atom. The highest BCUT2D eigenvalue weighted by atomic mass is 16.5. The summed E-state index contributed by atoms with van der Waals surface area (Å²) in [5, 5.41) is 9.38. The van der Waals surface area contributed by atoms with Crippen molar-refractivity contribution in [2.24, 2.45) is 5.73 Å². The molecular weight excluding hydrogens is 350 g/mol. The monoisotopic (exact) mass is 371 g/mol. The van der Waals surface area contributed by atoms with E-state index in [-0.39, 0.29) is 6.42 Å². The van der Waals surface area contributed by atoms with Crippen LogP contribution in [0.15, 0.2) is 78.9 Å². The molecule has 0 aromatic heterocycles. The van der Waals surface area contributed by atoms with Crippen LogP contribution in [0.1, 0.15) is 16.7 Å². The van der Waals surface area contributed by atoms with Crippen molar-refractivity contribution < 1.29 is 14.6 Å². The fourth-order valence-electron chi connectivity index (χ4n) is 3.45. The Balaban J connectivity index is 1.55. The van der Waals surface area contributed by atoms with E-state index in [2.05, 4.69) is 24.3 Å². The number of nitrogens with two attached hydrogens (primary N) is 1. The minimum Gasteiger partial charge on any atom is -0.489 e. The zero-order chi connectivity index (χ0) is 19.6. The number of carboxylic acids is 1. The number of fused-ring (bicyclic) bond motifs is 1. The van der Waals surface area contributed by atoms with Gasteiger partial charge in [0.15, 0.2) is 0 Å². The van der Waals surface area contributed by atoms with E-state index < -0.39 is 11.5 Å². The molecule has 0 heterocycles. The van der Waals surface area contributed by atoms with Crippen LogP contribution in [0.3, 0.4) is 0 Å². The molecule has 1 aliphatic carbocycles. The third-order valence-corrected chi connectivity index (χ3v) is 5.05. The molecule has 28 heavy (non-hydrogen) atoms. The fourth-order valence-corrected chi connectivity index (χ4v) is 3.45. The van der Waals surface area contributed by atoms with Crippen molar-refractivity contribution in [2.45, 2.75) is 18.6 Å². The van der Waals surface area contributed by atoms with Crippen molar-refractivity contribution in [1.29, 1.82) is 0 Å². The SMILES string of the molecule is N[C@@]1(C(=O)O)C=Cc2ccc(OCc3ccccc3-c3ccccc3)cc2C1. The van der Waals surface area contributed by atoms with Gasteiger partial charge in [-0.05, 0) is 39.9 Å². The van der Waals surface area contributed by atoms with E-state index in [1.54, 1.807) is 12.2 Å². The molecule has 0 radical (unpaired) electrons. The summed E-state index contributed by atoms with van der Waals surface area (Å²) in [6, 6.07) is 24.1. The van der Waals surface area contributed by atoms with Crippen LogP contribution in [0.25, 0.3) is 17.2 Å². The smallest absolute Gasteiger partial charge is 0.328 e. The van der Waals surface area contributed by atoms with Crippen molar-refractivity contribution >= 4 is 12.0 Å². The average Bonchev–Trinajstić information content (AvgIpc) is 2.72. The average molecular weight is 371 g/mol. The van der Waals surface area contributed by atoms with Gasteiger partial charge >= 0.3 is 5.97 Å². The summed E-state index contributed by atoms with van der Waals surface area (Å²) in [5.74, 6) is -0.331. The van der Waals surface area contributed by atoms with E-state index in [0.29, 0.717) is 12.4 Å². The van der Waals surface area contributed by atoms with Gasteiger partial charge in [-0.3, -0.25) is 0 Å². The maximum Gasteiger partial charge on any atom is 0.328 e. The topological polar surface area (TPSA) is 72.6 Å². The van der Waals surface area contributed by atoms with Gasteiger partial charge in [0.2, 0.25) is 0 Å². The number of aliphatic carboxylic acids is 1. The number of ether oxygens (including phenoxy) is 1. The third kappa shape index (κ3) is 3.55. The minimum absolute atomic E-state index is 0.242. The number of hydrogen-bond acceptors (Lipinski definition) is 3. The molecule has 3 aromatic carbocycles. The van der Waals surface area contributed by atoms with Crippen LogP contribution in [0, 0.1) is 0 Å². The zero-order valence-corrected chi connectivity index (χ0v) is 15.3. The largest absolute Gasteiger partial charge is 0.489 e. The number of carboxylic acid groups (broad SMARTS) is 1. The van der Waals surface area contributed by atoms with Crippen LogP contribution in [0.2, 0.25) is 0 Å². The number of rotatable bonds is 5. The number of hydrogen-bond donors (Lipinski definition) is 2. The molecular formula is C24H21NO3. The molecule has 3 aromatic rings. The molecule has 0 amide bonds. The predicted octanol–water partition coefficient (Wildman–Crippen LogP) is 4.28. The molecule has 1 atom stereocenters. The Morgan fingerprint density at radius 1 is 1.04 bits per heavy atom. The second-order valence-corrected chi connectivity index (χ2v) is 7.03. The second kappa shape index (κ2) is 7.33. The first-order valence-corrected chi connectivity index (χ1v) is 9.16. The molecule has 0 bridgehead atoms. The van der Waals surface area contributed by atoms with Gasteiger partial charge in [0, 0.05) is 6.42 Å². The van der Waals surface area contributed by atoms with Crippen LogP contribution >= 0.6 is 0 Å². The molecule has 0 unspecified atom stereocenters. The highest BCUT2D eigenvalue weighted by molar-refractivity contribution is 5.85. The lowest BCUT2D eigenvalue weighted by Gasteiger charge is -2.26. The standard InChI is InChI=1S/C24H21NO3/c25-24(23(26)27)13-12-17-10-11-21(14-20(17)15-24)28-16-19-8-4-5-9-22(19)18-6-2-1-3-7-18/h1-14H,15-16,25H2,(H,26,27)/t24-/m0/s1. The van der Waals surface area contributed by atoms with Gasteiger partial charge in [0.05, 0.1) is 0 Å². The van der Waals surface area contributed by atoms with Gasteiger partial charge in [0.1, 0.15) is 17.9 Å². The van der Waals surface area contributed by atoms with E-state index in [1.807, 2.05) is 48.5 Å². The normalized spacial score (nSPS) is 17.8. The molecule has 0 saturated heterocycles. The van der Waals surface area contributed by atoms with Crippen LogP contribution < -0.4 is 10.5 Å². The third-order valence-electron chi connectivity index (χ3n) is 5.05. The van der Waals surface area contributed by atoms with E-state index in [0.717, 1.165) is 27.8 Å². The van der Waals surface area contributed by atoms with Gasteiger partial charge < -0.3 is 15.6 Å². The Bertz CT molecular complexity index is 1040. The Kier molecular flexibility index (Phi) is 4.72. The van der Waals surface area contributed by atoms with Crippen molar-refractivity contribution in [3.8, 4) is 16.9 Å². The molecule has 0 fully saturated rings. The van der Waals surface area contributed by atoms with E-state index in [9.17, 15) is 9.90 Å². The summed E-state index contributed by atoms with van der Waals surface area (Å²) in [7, 11) is 0. The van der Waals surface area contributed by atoms with Gasteiger partial charge in [-0.2, -0.15) is 0 Å². The van der Waals surface area contributed by atoms with E-state index in [4.69, 9.17) is 10.5 Å². The molecule has 140 valence electrons. The molecule has 0 saturated carbocycles. The zero-order valence-electron chi connectivity index (χ0n) is 15.3. The van der Waals surface area contributed by atoms with Crippen molar-refractivity contribution in [1.82, 2.24) is 0 Å². The molecule has 3 N–H and O–H groups in total. The van der Waals surface area contributed by atoms with E-state index in [1.165, 1.54) is 0 Å². The predicted molar refractivity (Wildman–Crippen MR) is 110 cm³/mol. The molecule has 4 heteroatoms. The van der Waals surface area contributed by atoms with Crippen LogP contribution in [0.5, 0.6) is 5.75 Å². The first-order valence-electron chi connectivity index (χ1n) is 9.16. The van der Waals surface area contributed by atoms with Gasteiger partial charge in [0.25, 0.3) is 0 Å². The quantitative estimate of drug-likeness (QED) is 0.702. The van der Waals surface area contributed by atoms with Crippen molar-refractivity contribution in [2.75, 3.05) is 0 Å². The summed E-state index contributed by atoms with van der Waals surface area (Å²) in [6.07, 6.45) is 3.56. The molecule has 4 rings (SSSR count). The highest BCUT2D eigenvalue weighted by Gasteiger charge is 2.34. The van der Waals surface area contributed by atoms with Crippen molar-refractivity contribution in [3.63, 3.8) is 0 Å². The fraction of sp³-hybridized carbons (Fsp3) is 0.125. The van der Waals surface area contributed by atoms with Crippen LogP contribution in [-0.4, -0.2) is 16.6 Å². The van der Waals surface area contributed by atoms with Crippen LogP contribution in [-0.2, 0) is 17.8 Å². The lowest BCUT2D eigenvalue weighted by atomic mass is 9.84. The van der Waals surface area contributed by atoms with Gasteiger partial charge in [-0.15, -0.1) is 0 Å². The first kappa shape index (κ1) is 18.0. The van der Waals surface area contributed by atoms with Crippen molar-refractivity contribution in [3.05, 3.63) is 95.6 Å². The number of benzene rings is 3. The summed E-state index contributed by atoms with van der Waals surface area (Å²) >= 11 is 0. The molecule has 1 aliphatic rings.